The Bertz CT molecular complexity index is 910. The highest BCUT2D eigenvalue weighted by Gasteiger charge is 2.08. The van der Waals surface area contributed by atoms with Gasteiger partial charge >= 0.3 is 0 Å². The van der Waals surface area contributed by atoms with Crippen LogP contribution in [0, 0.1) is 4.77 Å². The molecule has 100 valence electrons. The zero-order chi connectivity index (χ0) is 14.3. The Balaban J connectivity index is 2.42. The molecule has 0 atom stereocenters. The number of aromatic amines is 1. The number of para-hydroxylation sites is 1. The molecule has 0 aliphatic heterocycles. The van der Waals surface area contributed by atoms with Gasteiger partial charge in [-0.2, -0.15) is 0 Å². The average Bonchev–Trinajstić information content (AvgIpc) is 2.37. The summed E-state index contributed by atoms with van der Waals surface area (Å²) in [5, 5.41) is 1.45. The lowest BCUT2D eigenvalue weighted by Gasteiger charge is -2.09. The molecule has 0 aliphatic rings. The maximum atomic E-state index is 12.6. The first-order valence-corrected chi connectivity index (χ1v) is 6.93. The molecular weight excluding hydrogens is 315 g/mol. The van der Waals surface area contributed by atoms with Gasteiger partial charge in [0.05, 0.1) is 16.6 Å². The van der Waals surface area contributed by atoms with Crippen molar-refractivity contribution in [3.63, 3.8) is 0 Å². The summed E-state index contributed by atoms with van der Waals surface area (Å²) in [4.78, 5) is 15.6. The lowest BCUT2D eigenvalue weighted by molar-refractivity contribution is 0.940. The molecule has 6 heteroatoms. The Morgan fingerprint density at radius 3 is 2.40 bits per heavy atom. The van der Waals surface area contributed by atoms with Crippen molar-refractivity contribution in [2.24, 2.45) is 0 Å². The van der Waals surface area contributed by atoms with Gasteiger partial charge in [0.1, 0.15) is 0 Å². The quantitative estimate of drug-likeness (QED) is 0.676. The van der Waals surface area contributed by atoms with Gasteiger partial charge in [-0.1, -0.05) is 35.3 Å². The van der Waals surface area contributed by atoms with E-state index in [-0.39, 0.29) is 5.56 Å². The van der Waals surface area contributed by atoms with Crippen LogP contribution >= 0.6 is 35.4 Å². The van der Waals surface area contributed by atoms with Crippen molar-refractivity contribution in [3.8, 4) is 5.69 Å². The Kier molecular flexibility index (Phi) is 3.38. The molecular formula is C14H8Cl2N2OS. The first kappa shape index (κ1) is 13.4. The topological polar surface area (TPSA) is 37.8 Å². The zero-order valence-corrected chi connectivity index (χ0v) is 12.4. The van der Waals surface area contributed by atoms with E-state index < -0.39 is 0 Å². The van der Waals surface area contributed by atoms with E-state index in [1.54, 1.807) is 30.3 Å². The molecule has 0 amide bonds. The first-order chi connectivity index (χ1) is 9.56. The molecule has 0 radical (unpaired) electrons. The van der Waals surface area contributed by atoms with Crippen LogP contribution in [0.5, 0.6) is 0 Å². The van der Waals surface area contributed by atoms with E-state index in [0.29, 0.717) is 31.4 Å². The maximum Gasteiger partial charge on any atom is 0.266 e. The molecule has 0 aliphatic carbocycles. The monoisotopic (exact) mass is 322 g/mol. The van der Waals surface area contributed by atoms with Crippen LogP contribution in [-0.4, -0.2) is 9.55 Å². The van der Waals surface area contributed by atoms with Crippen LogP contribution in [0.3, 0.4) is 0 Å². The zero-order valence-electron chi connectivity index (χ0n) is 10.1. The average molecular weight is 323 g/mol. The van der Waals surface area contributed by atoms with Gasteiger partial charge < -0.3 is 4.98 Å². The predicted octanol–water partition coefficient (Wildman–Crippen LogP) is 4.36. The summed E-state index contributed by atoms with van der Waals surface area (Å²) >= 11 is 17.2. The number of H-pyrrole nitrogens is 1. The summed E-state index contributed by atoms with van der Waals surface area (Å²) in [6, 6.07) is 12.1. The molecule has 3 rings (SSSR count). The predicted molar refractivity (Wildman–Crippen MR) is 84.7 cm³/mol. The van der Waals surface area contributed by atoms with Gasteiger partial charge in [0.25, 0.3) is 5.56 Å². The molecule has 3 aromatic rings. The number of benzene rings is 2. The lowest BCUT2D eigenvalue weighted by Crippen LogP contribution is -2.20. The van der Waals surface area contributed by atoms with Gasteiger partial charge in [0.15, 0.2) is 4.77 Å². The molecule has 0 unspecified atom stereocenters. The number of halogens is 2. The normalized spacial score (nSPS) is 10.9. The Hall–Kier alpha value is -1.62. The summed E-state index contributed by atoms with van der Waals surface area (Å²) in [5.74, 6) is 0. The van der Waals surface area contributed by atoms with Crippen LogP contribution in [0.15, 0.2) is 47.3 Å². The fraction of sp³-hybridized carbons (Fsp3) is 0. The third-order valence-corrected chi connectivity index (χ3v) is 3.63. The number of hydrogen-bond donors (Lipinski definition) is 1. The third kappa shape index (κ3) is 2.26. The van der Waals surface area contributed by atoms with Crippen molar-refractivity contribution >= 4 is 46.3 Å². The molecule has 1 aromatic heterocycles. The summed E-state index contributed by atoms with van der Waals surface area (Å²) in [6.07, 6.45) is 0. The van der Waals surface area contributed by atoms with Gasteiger partial charge in [-0.25, -0.2) is 0 Å². The van der Waals surface area contributed by atoms with Gasteiger partial charge in [0.2, 0.25) is 0 Å². The maximum absolute atomic E-state index is 12.6. The minimum atomic E-state index is -0.206. The Labute approximate surface area is 129 Å². The number of aromatic nitrogens is 2. The summed E-state index contributed by atoms with van der Waals surface area (Å²) in [6.45, 7) is 0. The van der Waals surface area contributed by atoms with Crippen LogP contribution in [0.4, 0.5) is 0 Å². The number of fused-ring (bicyclic) bond motifs is 1. The molecule has 0 bridgehead atoms. The van der Waals surface area contributed by atoms with E-state index >= 15 is 0 Å². The lowest BCUT2D eigenvalue weighted by atomic mass is 10.2. The summed E-state index contributed by atoms with van der Waals surface area (Å²) in [7, 11) is 0. The van der Waals surface area contributed by atoms with Gasteiger partial charge in [-0.05, 0) is 42.5 Å². The molecule has 0 fully saturated rings. The van der Waals surface area contributed by atoms with Crippen molar-refractivity contribution in [3.05, 3.63) is 67.6 Å². The van der Waals surface area contributed by atoms with Gasteiger partial charge in [0, 0.05) is 10.0 Å². The second-order valence-corrected chi connectivity index (χ2v) is 5.50. The van der Waals surface area contributed by atoms with E-state index in [0.717, 1.165) is 0 Å². The molecule has 0 saturated heterocycles. The van der Waals surface area contributed by atoms with Crippen LogP contribution in [0.25, 0.3) is 16.6 Å². The fourth-order valence-electron chi connectivity index (χ4n) is 2.07. The molecule has 20 heavy (non-hydrogen) atoms. The molecule has 2 aromatic carbocycles. The van der Waals surface area contributed by atoms with Crippen molar-refractivity contribution in [1.29, 1.82) is 0 Å². The summed E-state index contributed by atoms with van der Waals surface area (Å²) < 4.78 is 1.68. The number of rotatable bonds is 1. The standard InChI is InChI=1S/C14H8Cl2N2OS/c15-8-5-9(16)7-10(6-8)18-13(19)11-3-1-2-4-12(11)17-14(18)20/h1-7H,(H,17,20). The second kappa shape index (κ2) is 5.05. The largest absolute Gasteiger partial charge is 0.331 e. The molecule has 0 spiro atoms. The van der Waals surface area contributed by atoms with Crippen LogP contribution < -0.4 is 5.56 Å². The Morgan fingerprint density at radius 1 is 1.05 bits per heavy atom. The van der Waals surface area contributed by atoms with Crippen molar-refractivity contribution in [2.45, 2.75) is 0 Å². The molecule has 0 saturated carbocycles. The van der Waals surface area contributed by atoms with E-state index in [4.69, 9.17) is 35.4 Å². The van der Waals surface area contributed by atoms with Crippen LogP contribution in [0.2, 0.25) is 10.0 Å². The van der Waals surface area contributed by atoms with Crippen LogP contribution in [-0.2, 0) is 0 Å². The van der Waals surface area contributed by atoms with Gasteiger partial charge in [-0.15, -0.1) is 0 Å². The van der Waals surface area contributed by atoms with Crippen molar-refractivity contribution < 1.29 is 0 Å². The third-order valence-electron chi connectivity index (χ3n) is 2.91. The van der Waals surface area contributed by atoms with Crippen molar-refractivity contribution in [1.82, 2.24) is 9.55 Å². The highest BCUT2D eigenvalue weighted by Crippen LogP contribution is 2.21. The van der Waals surface area contributed by atoms with E-state index in [9.17, 15) is 4.79 Å². The minimum Gasteiger partial charge on any atom is -0.331 e. The summed E-state index contributed by atoms with van der Waals surface area (Å²) in [5.41, 5.74) is 1.04. The molecule has 3 nitrogen and oxygen atoms in total. The smallest absolute Gasteiger partial charge is 0.266 e. The van der Waals surface area contributed by atoms with Crippen molar-refractivity contribution in [2.75, 3.05) is 0 Å². The minimum absolute atomic E-state index is 0.206. The van der Waals surface area contributed by atoms with E-state index in [2.05, 4.69) is 4.98 Å². The first-order valence-electron chi connectivity index (χ1n) is 5.77. The van der Waals surface area contributed by atoms with Gasteiger partial charge in [-0.3, -0.25) is 9.36 Å². The highest BCUT2D eigenvalue weighted by atomic mass is 35.5. The number of hydrogen-bond acceptors (Lipinski definition) is 2. The Morgan fingerprint density at radius 2 is 1.70 bits per heavy atom. The second-order valence-electron chi connectivity index (χ2n) is 4.24. The molecule has 1 N–H and O–H groups in total. The van der Waals surface area contributed by atoms with E-state index in [1.807, 2.05) is 12.1 Å². The number of nitrogens with one attached hydrogen (secondary N) is 1. The fourth-order valence-corrected chi connectivity index (χ4v) is 2.88. The van der Waals surface area contributed by atoms with E-state index in [1.165, 1.54) is 4.57 Å². The van der Waals surface area contributed by atoms with Crippen LogP contribution in [0.1, 0.15) is 0 Å². The number of nitrogens with zero attached hydrogens (tertiary/aromatic N) is 1. The SMILES string of the molecule is O=c1c2ccccc2[nH]c(=S)n1-c1cc(Cl)cc(Cl)c1. The highest BCUT2D eigenvalue weighted by molar-refractivity contribution is 7.71. The molecule has 1 heterocycles.